The summed E-state index contributed by atoms with van der Waals surface area (Å²) in [6, 6.07) is 22.4. The van der Waals surface area contributed by atoms with E-state index in [2.05, 4.69) is 18.2 Å². The van der Waals surface area contributed by atoms with Gasteiger partial charge in [0.15, 0.2) is 0 Å². The van der Waals surface area contributed by atoms with E-state index in [-0.39, 0.29) is 12.5 Å². The molecule has 3 nitrogen and oxygen atoms in total. The highest BCUT2D eigenvalue weighted by Crippen LogP contribution is 2.28. The molecule has 0 radical (unpaired) electrons. The number of ether oxygens (including phenoxy) is 1. The van der Waals surface area contributed by atoms with Gasteiger partial charge >= 0.3 is 5.97 Å². The fraction of sp³-hybridized carbons (Fsp3) is 0.111. The molecule has 0 bridgehead atoms. The molecule has 22 heavy (non-hydrogen) atoms. The molecule has 0 aliphatic rings. The van der Waals surface area contributed by atoms with Crippen LogP contribution in [0, 0.1) is 0 Å². The third-order valence-electron chi connectivity index (χ3n) is 3.37. The summed E-state index contributed by atoms with van der Waals surface area (Å²) in [6.45, 7) is 0.220. The Hall–Kier alpha value is -2.46. The summed E-state index contributed by atoms with van der Waals surface area (Å²) in [5.41, 5.74) is 3.26. The molecular formula is C18H16NO2S+. The molecule has 0 saturated heterocycles. The second kappa shape index (κ2) is 6.54. The minimum Gasteiger partial charge on any atom is -0.464 e. The Morgan fingerprint density at radius 1 is 1.00 bits per heavy atom. The van der Waals surface area contributed by atoms with Crippen LogP contribution in [0.4, 0.5) is 0 Å². The number of hydrogen-bond acceptors (Lipinski definition) is 3. The highest BCUT2D eigenvalue weighted by atomic mass is 32.1. The number of nitrogens with zero attached hydrogens (tertiary/aromatic N) is 1. The smallest absolute Gasteiger partial charge is 0.373 e. The fourth-order valence-electron chi connectivity index (χ4n) is 2.26. The van der Waals surface area contributed by atoms with E-state index in [0.717, 1.165) is 21.7 Å². The van der Waals surface area contributed by atoms with Crippen LogP contribution in [0.5, 0.6) is 0 Å². The summed E-state index contributed by atoms with van der Waals surface area (Å²) in [7, 11) is 1.41. The number of esters is 1. The fourth-order valence-corrected chi connectivity index (χ4v) is 3.33. The molecule has 0 amide bonds. The highest BCUT2D eigenvalue weighted by molar-refractivity contribution is 7.06. The van der Waals surface area contributed by atoms with Crippen molar-refractivity contribution in [2.75, 3.05) is 7.11 Å². The molecule has 2 aromatic carbocycles. The second-order valence-corrected chi connectivity index (χ2v) is 5.89. The molecule has 0 aliphatic heterocycles. The monoisotopic (exact) mass is 310 g/mol. The zero-order chi connectivity index (χ0) is 15.4. The highest BCUT2D eigenvalue weighted by Gasteiger charge is 2.23. The van der Waals surface area contributed by atoms with Gasteiger partial charge in [-0.2, -0.15) is 0 Å². The molecule has 1 aromatic heterocycles. The van der Waals surface area contributed by atoms with Crippen LogP contribution in [0.2, 0.25) is 0 Å². The molecule has 0 unspecified atom stereocenters. The van der Waals surface area contributed by atoms with Gasteiger partial charge in [0.1, 0.15) is 16.4 Å². The van der Waals surface area contributed by atoms with Crippen LogP contribution in [0.25, 0.3) is 21.7 Å². The summed E-state index contributed by atoms with van der Waals surface area (Å²) >= 11 is 1.57. The summed E-state index contributed by atoms with van der Waals surface area (Å²) in [5, 5.41) is 0. The van der Waals surface area contributed by atoms with Crippen molar-refractivity contribution in [1.82, 2.24) is 0 Å². The van der Waals surface area contributed by atoms with Gasteiger partial charge in [0.25, 0.3) is 6.54 Å². The summed E-state index contributed by atoms with van der Waals surface area (Å²) in [6.07, 6.45) is 0. The van der Waals surface area contributed by atoms with E-state index in [4.69, 9.17) is 4.74 Å². The first-order chi connectivity index (χ1) is 10.8. The van der Waals surface area contributed by atoms with Crippen molar-refractivity contribution in [3.05, 3.63) is 66.7 Å². The van der Waals surface area contributed by atoms with Crippen molar-refractivity contribution in [3.63, 3.8) is 0 Å². The molecule has 1 heterocycles. The van der Waals surface area contributed by atoms with Gasteiger partial charge in [0.05, 0.1) is 7.11 Å². The van der Waals surface area contributed by atoms with Crippen molar-refractivity contribution in [1.29, 1.82) is 0 Å². The van der Waals surface area contributed by atoms with Gasteiger partial charge in [0.2, 0.25) is 5.69 Å². The topological polar surface area (TPSA) is 30.2 Å². The number of rotatable bonds is 4. The average molecular weight is 310 g/mol. The first-order valence-electron chi connectivity index (χ1n) is 7.00. The molecule has 110 valence electrons. The first-order valence-corrected chi connectivity index (χ1v) is 7.77. The lowest BCUT2D eigenvalue weighted by Crippen LogP contribution is -2.36. The van der Waals surface area contributed by atoms with E-state index in [1.54, 1.807) is 11.5 Å². The van der Waals surface area contributed by atoms with E-state index in [1.807, 2.05) is 52.5 Å². The average Bonchev–Trinajstić information content (AvgIpc) is 3.00. The van der Waals surface area contributed by atoms with Gasteiger partial charge in [-0.15, -0.1) is 3.96 Å². The molecule has 0 spiro atoms. The third kappa shape index (κ3) is 3.07. The van der Waals surface area contributed by atoms with Gasteiger partial charge in [0, 0.05) is 11.6 Å². The Kier molecular flexibility index (Phi) is 4.30. The van der Waals surface area contributed by atoms with E-state index in [1.165, 1.54) is 7.11 Å². The van der Waals surface area contributed by atoms with Crippen LogP contribution in [0.15, 0.2) is 66.7 Å². The van der Waals surface area contributed by atoms with Crippen LogP contribution in [-0.2, 0) is 16.1 Å². The normalized spacial score (nSPS) is 10.4. The van der Waals surface area contributed by atoms with Crippen LogP contribution in [0.1, 0.15) is 0 Å². The Morgan fingerprint density at radius 3 is 2.18 bits per heavy atom. The van der Waals surface area contributed by atoms with Gasteiger partial charge in [-0.25, -0.2) is 4.79 Å². The zero-order valence-corrected chi connectivity index (χ0v) is 13.0. The van der Waals surface area contributed by atoms with Crippen molar-refractivity contribution in [3.8, 4) is 21.7 Å². The first kappa shape index (κ1) is 14.5. The van der Waals surface area contributed by atoms with Crippen molar-refractivity contribution in [2.24, 2.45) is 0 Å². The molecular weight excluding hydrogens is 294 g/mol. The maximum absolute atomic E-state index is 11.7. The lowest BCUT2D eigenvalue weighted by atomic mass is 10.1. The largest absolute Gasteiger partial charge is 0.464 e. The van der Waals surface area contributed by atoms with E-state index >= 15 is 0 Å². The Labute approximate surface area is 133 Å². The van der Waals surface area contributed by atoms with Crippen LogP contribution >= 0.6 is 11.5 Å². The molecule has 3 aromatic rings. The Morgan fingerprint density at radius 2 is 1.59 bits per heavy atom. The maximum Gasteiger partial charge on any atom is 0.373 e. The Bertz CT molecular complexity index is 766. The minimum absolute atomic E-state index is 0.220. The molecule has 0 atom stereocenters. The van der Waals surface area contributed by atoms with Gasteiger partial charge in [-0.1, -0.05) is 48.5 Å². The quantitative estimate of drug-likeness (QED) is 0.545. The lowest BCUT2D eigenvalue weighted by Gasteiger charge is -1.96. The number of carbonyl (C=O) groups is 1. The lowest BCUT2D eigenvalue weighted by molar-refractivity contribution is -0.606. The molecule has 3 rings (SSSR count). The molecule has 0 aliphatic carbocycles. The number of hydrogen-bond donors (Lipinski definition) is 0. The number of methoxy groups -OCH3 is 1. The van der Waals surface area contributed by atoms with Crippen molar-refractivity contribution >= 4 is 17.5 Å². The molecule has 0 N–H and O–H groups in total. The van der Waals surface area contributed by atoms with Gasteiger partial charge in [-0.05, 0) is 17.7 Å². The second-order valence-electron chi connectivity index (χ2n) is 4.83. The summed E-state index contributed by atoms with van der Waals surface area (Å²) in [4.78, 5) is 12.8. The van der Waals surface area contributed by atoms with E-state index in [9.17, 15) is 4.79 Å². The Balaban J connectivity index is 2.07. The zero-order valence-electron chi connectivity index (χ0n) is 12.2. The van der Waals surface area contributed by atoms with Crippen LogP contribution in [-0.4, -0.2) is 13.1 Å². The van der Waals surface area contributed by atoms with Crippen LogP contribution < -0.4 is 3.96 Å². The molecule has 0 fully saturated rings. The number of aromatic nitrogens is 1. The standard InChI is InChI=1S/C18H16NO2S/c1-21-18(20)13-19-16(14-8-4-2-5-9-14)12-17(22-19)15-10-6-3-7-11-15/h2-12H,13H2,1H3/q+1. The van der Waals surface area contributed by atoms with E-state index < -0.39 is 0 Å². The maximum atomic E-state index is 11.7. The van der Waals surface area contributed by atoms with Crippen LogP contribution in [0.3, 0.4) is 0 Å². The summed E-state index contributed by atoms with van der Waals surface area (Å²) < 4.78 is 6.78. The van der Waals surface area contributed by atoms with Gasteiger partial charge < -0.3 is 4.74 Å². The number of benzene rings is 2. The minimum atomic E-state index is -0.247. The predicted molar refractivity (Wildman–Crippen MR) is 87.4 cm³/mol. The summed E-state index contributed by atoms with van der Waals surface area (Å²) in [5.74, 6) is -0.247. The molecule has 0 saturated carbocycles. The number of carbonyl (C=O) groups excluding carboxylic acids is 1. The van der Waals surface area contributed by atoms with Crippen molar-refractivity contribution in [2.45, 2.75) is 6.54 Å². The van der Waals surface area contributed by atoms with E-state index in [0.29, 0.717) is 0 Å². The molecule has 4 heteroatoms. The predicted octanol–water partition coefficient (Wildman–Crippen LogP) is 3.54. The SMILES string of the molecule is COC(=O)C[n+]1sc(-c2ccccc2)cc1-c1ccccc1. The van der Waals surface area contributed by atoms with Crippen molar-refractivity contribution < 1.29 is 13.5 Å². The van der Waals surface area contributed by atoms with Gasteiger partial charge in [-0.3, -0.25) is 0 Å². The third-order valence-corrected chi connectivity index (χ3v) is 4.47.